The number of anilines is 1. The molecule has 2 aromatic rings. The van der Waals surface area contributed by atoms with Crippen molar-refractivity contribution in [2.45, 2.75) is 6.18 Å². The maximum absolute atomic E-state index is 12.8. The molecule has 0 radical (unpaired) electrons. The molecule has 1 aromatic heterocycles. The van der Waals surface area contributed by atoms with Gasteiger partial charge in [0.05, 0.1) is 5.56 Å². The number of nitrogens with zero attached hydrogens (tertiary/aromatic N) is 1. The molecule has 1 amide bonds. The van der Waals surface area contributed by atoms with Gasteiger partial charge in [-0.3, -0.25) is 4.79 Å². The number of alkyl halides is 3. The van der Waals surface area contributed by atoms with Gasteiger partial charge in [-0.15, -0.1) is 0 Å². The first-order valence-corrected chi connectivity index (χ1v) is 7.71. The van der Waals surface area contributed by atoms with Crippen LogP contribution < -0.4 is 10.6 Å². The molecule has 0 aliphatic heterocycles. The highest BCUT2D eigenvalue weighted by atomic mass is 35.5. The first-order chi connectivity index (χ1) is 11.9. The highest BCUT2D eigenvalue weighted by Gasteiger charge is 2.33. The number of pyridine rings is 1. The maximum atomic E-state index is 12.8. The van der Waals surface area contributed by atoms with Crippen molar-refractivity contribution in [3.63, 3.8) is 0 Å². The number of aromatic nitrogens is 1. The molecule has 132 valence electrons. The third-order valence-electron chi connectivity index (χ3n) is 3.11. The zero-order chi connectivity index (χ0) is 18.3. The lowest BCUT2D eigenvalue weighted by molar-refractivity contribution is -0.137. The first-order valence-electron chi connectivity index (χ1n) is 7.34. The van der Waals surface area contributed by atoms with Gasteiger partial charge in [-0.25, -0.2) is 4.98 Å². The van der Waals surface area contributed by atoms with Crippen LogP contribution in [-0.4, -0.2) is 24.0 Å². The molecule has 1 heterocycles. The molecule has 0 atom stereocenters. The van der Waals surface area contributed by atoms with E-state index >= 15 is 0 Å². The van der Waals surface area contributed by atoms with Crippen molar-refractivity contribution < 1.29 is 18.0 Å². The number of rotatable bonds is 6. The summed E-state index contributed by atoms with van der Waals surface area (Å²) in [4.78, 5) is 15.4. The number of carbonyl (C=O) groups is 1. The van der Waals surface area contributed by atoms with Gasteiger partial charge in [0, 0.05) is 30.4 Å². The summed E-state index contributed by atoms with van der Waals surface area (Å²) in [5.74, 6) is -0.627. The molecule has 0 saturated heterocycles. The maximum Gasteiger partial charge on any atom is 0.419 e. The number of hydrogen-bond donors (Lipinski definition) is 2. The summed E-state index contributed by atoms with van der Waals surface area (Å²) in [6.07, 6.45) is -0.299. The highest BCUT2D eigenvalue weighted by molar-refractivity contribution is 6.30. The molecule has 8 heteroatoms. The standard InChI is InChI=1S/C17H15ClF3N3O/c18-13-4-1-3-12(11-13)6-7-15(25)22-9-10-24-16-14(17(19,20)21)5-2-8-23-16/h1-8,11H,9-10H2,(H,22,25)(H,23,24)/b7-6+. The van der Waals surface area contributed by atoms with Crippen LogP contribution in [0.4, 0.5) is 19.0 Å². The largest absolute Gasteiger partial charge is 0.419 e. The molecular formula is C17H15ClF3N3O. The van der Waals surface area contributed by atoms with E-state index in [1.54, 1.807) is 30.3 Å². The second-order valence-corrected chi connectivity index (χ2v) is 5.44. The normalized spacial score (nSPS) is 11.5. The number of halogens is 4. The lowest BCUT2D eigenvalue weighted by Gasteiger charge is -2.13. The van der Waals surface area contributed by atoms with E-state index in [0.29, 0.717) is 5.02 Å². The Bertz CT molecular complexity index is 763. The summed E-state index contributed by atoms with van der Waals surface area (Å²) in [6.45, 7) is 0.253. The highest BCUT2D eigenvalue weighted by Crippen LogP contribution is 2.33. The Morgan fingerprint density at radius 1 is 1.20 bits per heavy atom. The van der Waals surface area contributed by atoms with E-state index in [4.69, 9.17) is 11.6 Å². The minimum absolute atomic E-state index is 0.108. The van der Waals surface area contributed by atoms with Crippen LogP contribution in [0.2, 0.25) is 5.02 Å². The van der Waals surface area contributed by atoms with Gasteiger partial charge >= 0.3 is 6.18 Å². The fourth-order valence-corrected chi connectivity index (χ4v) is 2.18. The molecule has 0 fully saturated rings. The van der Waals surface area contributed by atoms with Crippen LogP contribution in [0, 0.1) is 0 Å². The van der Waals surface area contributed by atoms with Gasteiger partial charge in [0.15, 0.2) is 0 Å². The summed E-state index contributed by atoms with van der Waals surface area (Å²) >= 11 is 5.84. The Hall–Kier alpha value is -2.54. The van der Waals surface area contributed by atoms with Crippen LogP contribution in [0.3, 0.4) is 0 Å². The number of carbonyl (C=O) groups excluding carboxylic acids is 1. The molecule has 0 saturated carbocycles. The fraction of sp³-hybridized carbons (Fsp3) is 0.176. The molecule has 25 heavy (non-hydrogen) atoms. The molecule has 4 nitrogen and oxygen atoms in total. The summed E-state index contributed by atoms with van der Waals surface area (Å²) in [5, 5.41) is 5.69. The van der Waals surface area contributed by atoms with E-state index in [1.165, 1.54) is 18.3 Å². The van der Waals surface area contributed by atoms with Crippen LogP contribution in [0.1, 0.15) is 11.1 Å². The van der Waals surface area contributed by atoms with Crippen LogP contribution >= 0.6 is 11.6 Å². The van der Waals surface area contributed by atoms with E-state index in [1.807, 2.05) is 0 Å². The molecular weight excluding hydrogens is 355 g/mol. The second kappa shape index (κ2) is 8.53. The average Bonchev–Trinajstić information content (AvgIpc) is 2.56. The van der Waals surface area contributed by atoms with Gasteiger partial charge in [-0.05, 0) is 35.9 Å². The third kappa shape index (κ3) is 6.11. The Labute approximate surface area is 147 Å². The minimum Gasteiger partial charge on any atom is -0.368 e. The quantitative estimate of drug-likeness (QED) is 0.598. The number of amides is 1. The molecule has 0 aliphatic carbocycles. The van der Waals surface area contributed by atoms with Gasteiger partial charge in [-0.1, -0.05) is 23.7 Å². The van der Waals surface area contributed by atoms with Crippen molar-refractivity contribution in [1.29, 1.82) is 0 Å². The van der Waals surface area contributed by atoms with Crippen molar-refractivity contribution in [2.24, 2.45) is 0 Å². The van der Waals surface area contributed by atoms with E-state index in [0.717, 1.165) is 11.6 Å². The van der Waals surface area contributed by atoms with Crippen LogP contribution in [0.15, 0.2) is 48.7 Å². The lowest BCUT2D eigenvalue weighted by Crippen LogP contribution is -2.27. The Balaban J connectivity index is 1.81. The lowest BCUT2D eigenvalue weighted by atomic mass is 10.2. The topological polar surface area (TPSA) is 54.0 Å². The minimum atomic E-state index is -4.49. The van der Waals surface area contributed by atoms with Crippen LogP contribution in [0.25, 0.3) is 6.08 Å². The van der Waals surface area contributed by atoms with Crippen molar-refractivity contribution in [3.05, 3.63) is 64.8 Å². The predicted molar refractivity (Wildman–Crippen MR) is 91.2 cm³/mol. The molecule has 0 spiro atoms. The van der Waals surface area contributed by atoms with Gasteiger partial charge in [0.2, 0.25) is 5.91 Å². The molecule has 2 rings (SSSR count). The molecule has 0 unspecified atom stereocenters. The van der Waals surface area contributed by atoms with Gasteiger partial charge in [-0.2, -0.15) is 13.2 Å². The third-order valence-corrected chi connectivity index (χ3v) is 3.34. The molecule has 2 N–H and O–H groups in total. The van der Waals surface area contributed by atoms with Gasteiger partial charge in [0.25, 0.3) is 0 Å². The fourth-order valence-electron chi connectivity index (χ4n) is 1.98. The second-order valence-electron chi connectivity index (χ2n) is 5.00. The number of benzene rings is 1. The Morgan fingerprint density at radius 2 is 2.00 bits per heavy atom. The van der Waals surface area contributed by atoms with Crippen molar-refractivity contribution in [2.75, 3.05) is 18.4 Å². The summed E-state index contributed by atoms with van der Waals surface area (Å²) in [5.41, 5.74) is -0.0775. The predicted octanol–water partition coefficient (Wildman–Crippen LogP) is 4.00. The summed E-state index contributed by atoms with van der Waals surface area (Å²) < 4.78 is 38.4. The van der Waals surface area contributed by atoms with Crippen molar-refractivity contribution >= 4 is 29.4 Å². The molecule has 1 aromatic carbocycles. The smallest absolute Gasteiger partial charge is 0.368 e. The zero-order valence-corrected chi connectivity index (χ0v) is 13.7. The van der Waals surface area contributed by atoms with Crippen molar-refractivity contribution in [1.82, 2.24) is 10.3 Å². The van der Waals surface area contributed by atoms with E-state index in [9.17, 15) is 18.0 Å². The van der Waals surface area contributed by atoms with Gasteiger partial charge in [0.1, 0.15) is 5.82 Å². The number of hydrogen-bond acceptors (Lipinski definition) is 3. The monoisotopic (exact) mass is 369 g/mol. The average molecular weight is 370 g/mol. The molecule has 0 aliphatic rings. The SMILES string of the molecule is O=C(/C=C/c1cccc(Cl)c1)NCCNc1ncccc1C(F)(F)F. The van der Waals surface area contributed by atoms with Crippen LogP contribution in [0.5, 0.6) is 0 Å². The Kier molecular flexibility index (Phi) is 6.41. The van der Waals surface area contributed by atoms with Gasteiger partial charge < -0.3 is 10.6 Å². The van der Waals surface area contributed by atoms with Crippen LogP contribution in [-0.2, 0) is 11.0 Å². The zero-order valence-electron chi connectivity index (χ0n) is 13.0. The summed E-state index contributed by atoms with van der Waals surface area (Å²) in [6, 6.07) is 9.13. The first kappa shape index (κ1) is 18.8. The molecule has 0 bridgehead atoms. The van der Waals surface area contributed by atoms with E-state index in [2.05, 4.69) is 15.6 Å². The van der Waals surface area contributed by atoms with E-state index in [-0.39, 0.29) is 24.8 Å². The summed E-state index contributed by atoms with van der Waals surface area (Å²) in [7, 11) is 0. The Morgan fingerprint density at radius 3 is 2.72 bits per heavy atom. The van der Waals surface area contributed by atoms with E-state index < -0.39 is 11.7 Å². The number of nitrogens with one attached hydrogen (secondary N) is 2. The van der Waals surface area contributed by atoms with Crippen molar-refractivity contribution in [3.8, 4) is 0 Å².